The normalized spacial score (nSPS) is 18.7. The number of nitrogens with zero attached hydrogens (tertiary/aromatic N) is 3. The molecule has 4 rings (SSSR count). The summed E-state index contributed by atoms with van der Waals surface area (Å²) in [7, 11) is -3.48. The molecule has 2 aromatic heterocycles. The number of sulfonamides is 1. The summed E-state index contributed by atoms with van der Waals surface area (Å²) >= 11 is 1.32. The molecule has 10 heteroatoms. The van der Waals surface area contributed by atoms with Crippen molar-refractivity contribution in [1.29, 1.82) is 0 Å². The van der Waals surface area contributed by atoms with Crippen LogP contribution in [0.15, 0.2) is 40.8 Å². The van der Waals surface area contributed by atoms with Crippen molar-refractivity contribution < 1.29 is 12.8 Å². The largest absolute Gasteiger partial charge is 0.296 e. The van der Waals surface area contributed by atoms with Crippen LogP contribution in [0, 0.1) is 5.82 Å². The molecule has 0 radical (unpaired) electrons. The van der Waals surface area contributed by atoms with Crippen molar-refractivity contribution in [3.8, 4) is 10.6 Å². The van der Waals surface area contributed by atoms with Crippen LogP contribution in [-0.2, 0) is 22.9 Å². The van der Waals surface area contributed by atoms with Crippen LogP contribution in [0.3, 0.4) is 0 Å². The van der Waals surface area contributed by atoms with E-state index in [-0.39, 0.29) is 17.4 Å². The van der Waals surface area contributed by atoms with Crippen LogP contribution in [0.2, 0.25) is 0 Å². The van der Waals surface area contributed by atoms with Gasteiger partial charge in [0.25, 0.3) is 5.56 Å². The molecular formula is C22H25FN4O3S2. The lowest BCUT2D eigenvalue weighted by atomic mass is 9.80. The maximum Gasteiger partial charge on any atom is 0.257 e. The summed E-state index contributed by atoms with van der Waals surface area (Å²) in [6.07, 6.45) is 4.09. The van der Waals surface area contributed by atoms with Crippen molar-refractivity contribution in [2.45, 2.75) is 51.1 Å². The lowest BCUT2D eigenvalue weighted by molar-refractivity contribution is 0.411. The Morgan fingerprint density at radius 2 is 2.06 bits per heavy atom. The molecule has 170 valence electrons. The van der Waals surface area contributed by atoms with Crippen molar-refractivity contribution in [2.24, 2.45) is 0 Å². The van der Waals surface area contributed by atoms with E-state index in [2.05, 4.69) is 14.7 Å². The smallest absolute Gasteiger partial charge is 0.257 e. The zero-order chi connectivity index (χ0) is 23.0. The highest BCUT2D eigenvalue weighted by Crippen LogP contribution is 2.34. The molecule has 1 aliphatic rings. The van der Waals surface area contributed by atoms with E-state index in [1.165, 1.54) is 17.4 Å². The number of halogens is 1. The molecule has 32 heavy (non-hydrogen) atoms. The lowest BCUT2D eigenvalue weighted by Crippen LogP contribution is -2.45. The van der Waals surface area contributed by atoms with E-state index >= 15 is 0 Å². The molecule has 2 heterocycles. The predicted molar refractivity (Wildman–Crippen MR) is 123 cm³/mol. The predicted octanol–water partition coefficient (Wildman–Crippen LogP) is 3.28. The van der Waals surface area contributed by atoms with Gasteiger partial charge in [-0.1, -0.05) is 12.1 Å². The number of thiazole rings is 1. The molecule has 7 nitrogen and oxygen atoms in total. The maximum atomic E-state index is 14.2. The average molecular weight is 477 g/mol. The minimum atomic E-state index is -3.48. The Kier molecular flexibility index (Phi) is 6.28. The molecule has 0 aliphatic heterocycles. The van der Waals surface area contributed by atoms with Crippen LogP contribution in [0.1, 0.15) is 49.2 Å². The topological polar surface area (TPSA) is 93.9 Å². The molecular weight excluding hydrogens is 451 g/mol. The minimum Gasteiger partial charge on any atom is -0.296 e. The van der Waals surface area contributed by atoms with Gasteiger partial charge in [0.05, 0.1) is 24.0 Å². The number of aromatic nitrogens is 3. The summed E-state index contributed by atoms with van der Waals surface area (Å²) in [5.74, 6) is -0.771. The van der Waals surface area contributed by atoms with Gasteiger partial charge in [-0.2, -0.15) is 0 Å². The van der Waals surface area contributed by atoms with Gasteiger partial charge in [-0.3, -0.25) is 9.36 Å². The number of rotatable bonds is 6. The molecule has 0 amide bonds. The quantitative estimate of drug-likeness (QED) is 0.589. The highest BCUT2D eigenvalue weighted by atomic mass is 32.2. The van der Waals surface area contributed by atoms with Crippen LogP contribution in [0.5, 0.6) is 0 Å². The van der Waals surface area contributed by atoms with Gasteiger partial charge < -0.3 is 0 Å². The second-order valence-electron chi connectivity index (χ2n) is 8.38. The van der Waals surface area contributed by atoms with E-state index < -0.39 is 22.0 Å². The standard InChI is InChI=1S/C22H25FN4O3S2/c1-13(2)27-12-24-19-9-8-18(26-32(3,29)30)16(20(19)22(27)28)10-14-11-31-21(25-14)15-6-4-5-7-17(15)23/h4-7,11-13,16,18,26H,8-10H2,1-3H3. The van der Waals surface area contributed by atoms with Gasteiger partial charge in [-0.25, -0.2) is 27.5 Å². The number of aryl methyl sites for hydroxylation is 1. The van der Waals surface area contributed by atoms with E-state index in [1.54, 1.807) is 29.1 Å². The van der Waals surface area contributed by atoms with Gasteiger partial charge in [0, 0.05) is 34.5 Å². The minimum absolute atomic E-state index is 0.0730. The molecule has 3 aromatic rings. The molecule has 1 aliphatic carbocycles. The molecule has 1 N–H and O–H groups in total. The van der Waals surface area contributed by atoms with Crippen molar-refractivity contribution in [1.82, 2.24) is 19.3 Å². The third kappa shape index (κ3) is 4.67. The molecule has 2 atom stereocenters. The fourth-order valence-electron chi connectivity index (χ4n) is 4.20. The van der Waals surface area contributed by atoms with Crippen LogP contribution in [-0.4, -0.2) is 35.3 Å². The van der Waals surface area contributed by atoms with E-state index in [4.69, 9.17) is 0 Å². The van der Waals surface area contributed by atoms with Crippen LogP contribution >= 0.6 is 11.3 Å². The Balaban J connectivity index is 1.75. The number of hydrogen-bond acceptors (Lipinski definition) is 6. The van der Waals surface area contributed by atoms with Gasteiger partial charge in [0.1, 0.15) is 10.8 Å². The van der Waals surface area contributed by atoms with Crippen LogP contribution < -0.4 is 10.3 Å². The fraction of sp³-hybridized carbons (Fsp3) is 0.409. The Morgan fingerprint density at radius 1 is 1.31 bits per heavy atom. The first kappa shape index (κ1) is 22.8. The van der Waals surface area contributed by atoms with Crippen molar-refractivity contribution in [3.63, 3.8) is 0 Å². The van der Waals surface area contributed by atoms with Gasteiger partial charge in [0.2, 0.25) is 10.0 Å². The summed E-state index contributed by atoms with van der Waals surface area (Å²) in [4.78, 5) is 22.4. The molecule has 1 aromatic carbocycles. The van der Waals surface area contributed by atoms with E-state index in [9.17, 15) is 17.6 Å². The van der Waals surface area contributed by atoms with E-state index in [1.807, 2.05) is 19.2 Å². The van der Waals surface area contributed by atoms with Gasteiger partial charge in [0.15, 0.2) is 0 Å². The number of hydrogen-bond donors (Lipinski definition) is 1. The molecule has 0 fully saturated rings. The Hall–Kier alpha value is -2.43. The third-order valence-corrected chi connectivity index (χ3v) is 7.32. The number of benzene rings is 1. The Bertz CT molecular complexity index is 1300. The van der Waals surface area contributed by atoms with Crippen molar-refractivity contribution in [3.05, 3.63) is 69.1 Å². The summed E-state index contributed by atoms with van der Waals surface area (Å²) in [6.45, 7) is 3.81. The summed E-state index contributed by atoms with van der Waals surface area (Å²) in [5.41, 5.74) is 2.19. The van der Waals surface area contributed by atoms with E-state index in [0.717, 1.165) is 6.26 Å². The zero-order valence-electron chi connectivity index (χ0n) is 18.1. The highest BCUT2D eigenvalue weighted by molar-refractivity contribution is 7.88. The molecule has 0 saturated heterocycles. The average Bonchev–Trinajstić information content (AvgIpc) is 3.17. The second-order valence-corrected chi connectivity index (χ2v) is 11.0. The van der Waals surface area contributed by atoms with Crippen LogP contribution in [0.4, 0.5) is 4.39 Å². The molecule has 0 bridgehead atoms. The first-order chi connectivity index (χ1) is 15.1. The van der Waals surface area contributed by atoms with Gasteiger partial charge in [-0.15, -0.1) is 11.3 Å². The Morgan fingerprint density at radius 3 is 2.75 bits per heavy atom. The second kappa shape index (κ2) is 8.84. The first-order valence-electron chi connectivity index (χ1n) is 10.4. The number of nitrogens with one attached hydrogen (secondary N) is 1. The number of fused-ring (bicyclic) bond motifs is 1. The van der Waals surface area contributed by atoms with Crippen molar-refractivity contribution in [2.75, 3.05) is 6.26 Å². The SMILES string of the molecule is CC(C)n1cnc2c(c1=O)C(Cc1csc(-c3ccccc3F)n1)C(NS(C)(=O)=O)CC2. The molecule has 2 unspecified atom stereocenters. The summed E-state index contributed by atoms with van der Waals surface area (Å²) < 4.78 is 42.5. The molecule has 0 saturated carbocycles. The van der Waals surface area contributed by atoms with Gasteiger partial charge >= 0.3 is 0 Å². The zero-order valence-corrected chi connectivity index (χ0v) is 19.7. The van der Waals surface area contributed by atoms with Crippen molar-refractivity contribution >= 4 is 21.4 Å². The van der Waals surface area contributed by atoms with E-state index in [0.29, 0.717) is 46.8 Å². The van der Waals surface area contributed by atoms with Crippen LogP contribution in [0.25, 0.3) is 10.6 Å². The maximum absolute atomic E-state index is 14.2. The first-order valence-corrected chi connectivity index (χ1v) is 13.2. The summed E-state index contributed by atoms with van der Waals surface area (Å²) in [6, 6.07) is 5.92. The van der Waals surface area contributed by atoms with Gasteiger partial charge in [-0.05, 0) is 45.2 Å². The monoisotopic (exact) mass is 476 g/mol. The third-order valence-electron chi connectivity index (χ3n) is 5.67. The highest BCUT2D eigenvalue weighted by Gasteiger charge is 2.35. The Labute approximate surface area is 190 Å². The fourth-order valence-corrected chi connectivity index (χ4v) is 5.89. The summed E-state index contributed by atoms with van der Waals surface area (Å²) in [5, 5.41) is 2.39. The molecule has 0 spiro atoms. The lowest BCUT2D eigenvalue weighted by Gasteiger charge is -2.32.